The van der Waals surface area contributed by atoms with Gasteiger partial charge in [0.25, 0.3) is 0 Å². The highest BCUT2D eigenvalue weighted by Crippen LogP contribution is 2.30. The van der Waals surface area contributed by atoms with Gasteiger partial charge >= 0.3 is 5.97 Å². The highest BCUT2D eigenvalue weighted by molar-refractivity contribution is 9.11. The number of halogens is 2. The molecule has 0 aliphatic carbocycles. The van der Waals surface area contributed by atoms with Crippen LogP contribution in [0.5, 0.6) is 0 Å². The van der Waals surface area contributed by atoms with E-state index in [4.69, 9.17) is 0 Å². The third-order valence-corrected chi connectivity index (χ3v) is 4.34. The fourth-order valence-corrected chi connectivity index (χ4v) is 3.01. The van der Waals surface area contributed by atoms with E-state index in [1.165, 1.54) is 0 Å². The Balaban J connectivity index is 2.31. The molecule has 5 heteroatoms. The van der Waals surface area contributed by atoms with E-state index in [2.05, 4.69) is 36.8 Å². The Morgan fingerprint density at radius 2 is 1.76 bits per heavy atom. The van der Waals surface area contributed by atoms with Gasteiger partial charge in [0, 0.05) is 19.9 Å². The van der Waals surface area contributed by atoms with Crippen LogP contribution < -0.4 is 0 Å². The van der Waals surface area contributed by atoms with Crippen molar-refractivity contribution in [2.75, 3.05) is 0 Å². The summed E-state index contributed by atoms with van der Waals surface area (Å²) < 4.78 is 1.69. The molecule has 0 spiro atoms. The molecule has 1 N–H and O–H groups in total. The summed E-state index contributed by atoms with van der Waals surface area (Å²) in [6.45, 7) is 0. The fourth-order valence-electron chi connectivity index (χ4n) is 2.18. The Bertz CT molecular complexity index is 845. The average molecular weight is 407 g/mol. The Morgan fingerprint density at radius 1 is 1.05 bits per heavy atom. The van der Waals surface area contributed by atoms with Crippen molar-refractivity contribution in [3.8, 4) is 11.3 Å². The Labute approximate surface area is 137 Å². The van der Waals surface area contributed by atoms with Crippen LogP contribution in [0.4, 0.5) is 0 Å². The third kappa shape index (κ3) is 2.71. The number of carboxylic acids is 1. The second-order valence-electron chi connectivity index (χ2n) is 4.50. The molecule has 2 aromatic carbocycles. The molecule has 0 saturated carbocycles. The number of aromatic carboxylic acids is 1. The number of hydrogen-bond donors (Lipinski definition) is 1. The van der Waals surface area contributed by atoms with Gasteiger partial charge in [0.05, 0.1) is 16.8 Å². The van der Waals surface area contributed by atoms with Gasteiger partial charge in [-0.1, -0.05) is 50.1 Å². The number of carboxylic acid groups (broad SMARTS) is 1. The number of benzene rings is 2. The summed E-state index contributed by atoms with van der Waals surface area (Å²) in [4.78, 5) is 16.1. The molecule has 1 aromatic heterocycles. The molecule has 0 saturated heterocycles. The lowest BCUT2D eigenvalue weighted by molar-refractivity contribution is 0.0699. The van der Waals surface area contributed by atoms with Crippen LogP contribution in [0.2, 0.25) is 0 Å². The van der Waals surface area contributed by atoms with Gasteiger partial charge in [0.2, 0.25) is 0 Å². The van der Waals surface area contributed by atoms with Gasteiger partial charge in [-0.2, -0.15) is 0 Å². The van der Waals surface area contributed by atoms with Gasteiger partial charge in [-0.05, 0) is 30.3 Å². The highest BCUT2D eigenvalue weighted by Gasteiger charge is 2.15. The van der Waals surface area contributed by atoms with Gasteiger partial charge in [0.15, 0.2) is 0 Å². The molecule has 21 heavy (non-hydrogen) atoms. The Hall–Kier alpha value is -1.72. The summed E-state index contributed by atoms with van der Waals surface area (Å²) >= 11 is 6.78. The zero-order valence-corrected chi connectivity index (χ0v) is 13.8. The predicted octanol–water partition coefficient (Wildman–Crippen LogP) is 5.13. The number of pyridine rings is 1. The van der Waals surface area contributed by atoms with E-state index in [0.717, 1.165) is 14.5 Å². The van der Waals surface area contributed by atoms with E-state index >= 15 is 0 Å². The zero-order chi connectivity index (χ0) is 15.0. The van der Waals surface area contributed by atoms with Crippen LogP contribution in [0.1, 0.15) is 10.4 Å². The second kappa shape index (κ2) is 5.58. The van der Waals surface area contributed by atoms with Gasteiger partial charge in [-0.3, -0.25) is 0 Å². The molecule has 104 valence electrons. The van der Waals surface area contributed by atoms with Crippen molar-refractivity contribution in [3.63, 3.8) is 0 Å². The molecular formula is C16H9Br2NO2. The van der Waals surface area contributed by atoms with Crippen LogP contribution in [0.25, 0.3) is 22.2 Å². The molecule has 0 fully saturated rings. The lowest BCUT2D eigenvalue weighted by Crippen LogP contribution is -2.00. The zero-order valence-electron chi connectivity index (χ0n) is 10.7. The minimum absolute atomic E-state index is 0.241. The summed E-state index contributed by atoms with van der Waals surface area (Å²) in [5.74, 6) is -0.965. The second-order valence-corrected chi connectivity index (χ2v) is 6.27. The normalized spacial score (nSPS) is 10.8. The van der Waals surface area contributed by atoms with Gasteiger partial charge < -0.3 is 5.11 Å². The number of aromatic nitrogens is 1. The molecule has 3 nitrogen and oxygen atoms in total. The van der Waals surface area contributed by atoms with Gasteiger partial charge in [-0.25, -0.2) is 9.78 Å². The van der Waals surface area contributed by atoms with E-state index in [9.17, 15) is 9.90 Å². The standard InChI is InChI=1S/C16H9Br2NO2/c17-10-6-4-9(5-7-10)14-8-11(16(20)21)15-12(18)2-1-3-13(15)19-14/h1-8H,(H,20,21). The third-order valence-electron chi connectivity index (χ3n) is 3.15. The van der Waals surface area contributed by atoms with E-state index in [0.29, 0.717) is 16.6 Å². The summed E-state index contributed by atoms with van der Waals surface area (Å²) in [6, 6.07) is 14.7. The first-order chi connectivity index (χ1) is 10.1. The van der Waals surface area contributed by atoms with E-state index in [1.54, 1.807) is 6.07 Å². The fraction of sp³-hybridized carbons (Fsp3) is 0. The maximum atomic E-state index is 11.5. The number of hydrogen-bond acceptors (Lipinski definition) is 2. The molecule has 0 bridgehead atoms. The minimum atomic E-state index is -0.965. The molecule has 3 rings (SSSR count). The predicted molar refractivity (Wildman–Crippen MR) is 89.5 cm³/mol. The Kier molecular flexibility index (Phi) is 3.78. The van der Waals surface area contributed by atoms with E-state index in [-0.39, 0.29) is 5.56 Å². The van der Waals surface area contributed by atoms with Crippen molar-refractivity contribution < 1.29 is 9.90 Å². The van der Waals surface area contributed by atoms with Crippen LogP contribution in [-0.4, -0.2) is 16.1 Å². The molecule has 0 aliphatic heterocycles. The molecule has 0 unspecified atom stereocenters. The maximum Gasteiger partial charge on any atom is 0.336 e. The number of carbonyl (C=O) groups is 1. The molecule has 1 heterocycles. The molecule has 0 radical (unpaired) electrons. The first-order valence-electron chi connectivity index (χ1n) is 6.15. The Morgan fingerprint density at radius 3 is 2.43 bits per heavy atom. The summed E-state index contributed by atoms with van der Waals surface area (Å²) in [5.41, 5.74) is 2.42. The number of rotatable bonds is 2. The summed E-state index contributed by atoms with van der Waals surface area (Å²) in [6.07, 6.45) is 0. The minimum Gasteiger partial charge on any atom is -0.478 e. The van der Waals surface area contributed by atoms with Crippen LogP contribution in [-0.2, 0) is 0 Å². The van der Waals surface area contributed by atoms with Crippen molar-refractivity contribution in [1.82, 2.24) is 4.98 Å². The van der Waals surface area contributed by atoms with Crippen LogP contribution in [0, 0.1) is 0 Å². The molecule has 3 aromatic rings. The van der Waals surface area contributed by atoms with Crippen LogP contribution >= 0.6 is 31.9 Å². The van der Waals surface area contributed by atoms with E-state index in [1.807, 2.05) is 42.5 Å². The number of nitrogens with zero attached hydrogens (tertiary/aromatic N) is 1. The average Bonchev–Trinajstić information content (AvgIpc) is 2.47. The molecule has 0 aliphatic rings. The molecular weight excluding hydrogens is 398 g/mol. The monoisotopic (exact) mass is 405 g/mol. The van der Waals surface area contributed by atoms with Crippen LogP contribution in [0.15, 0.2) is 57.5 Å². The largest absolute Gasteiger partial charge is 0.478 e. The van der Waals surface area contributed by atoms with Crippen molar-refractivity contribution in [2.24, 2.45) is 0 Å². The summed E-state index contributed by atoms with van der Waals surface area (Å²) in [5, 5.41) is 10.1. The lowest BCUT2D eigenvalue weighted by Gasteiger charge is -2.08. The van der Waals surface area contributed by atoms with Crippen molar-refractivity contribution in [1.29, 1.82) is 0 Å². The van der Waals surface area contributed by atoms with Gasteiger partial charge in [-0.15, -0.1) is 0 Å². The van der Waals surface area contributed by atoms with Crippen molar-refractivity contribution in [2.45, 2.75) is 0 Å². The first kappa shape index (κ1) is 14.2. The van der Waals surface area contributed by atoms with Crippen LogP contribution in [0.3, 0.4) is 0 Å². The van der Waals surface area contributed by atoms with Gasteiger partial charge in [0.1, 0.15) is 0 Å². The smallest absolute Gasteiger partial charge is 0.336 e. The quantitative estimate of drug-likeness (QED) is 0.642. The highest BCUT2D eigenvalue weighted by atomic mass is 79.9. The molecule has 0 amide bonds. The van der Waals surface area contributed by atoms with Crippen molar-refractivity contribution in [3.05, 3.63) is 63.0 Å². The molecule has 0 atom stereocenters. The maximum absolute atomic E-state index is 11.5. The summed E-state index contributed by atoms with van der Waals surface area (Å²) in [7, 11) is 0. The first-order valence-corrected chi connectivity index (χ1v) is 7.73. The SMILES string of the molecule is O=C(O)c1cc(-c2ccc(Br)cc2)nc2cccc(Br)c12. The van der Waals surface area contributed by atoms with Crippen molar-refractivity contribution >= 4 is 48.7 Å². The van der Waals surface area contributed by atoms with E-state index < -0.39 is 5.97 Å². The lowest BCUT2D eigenvalue weighted by atomic mass is 10.0. The topological polar surface area (TPSA) is 50.2 Å². The number of fused-ring (bicyclic) bond motifs is 1.